The van der Waals surface area contributed by atoms with Gasteiger partial charge in [0.2, 0.25) is 0 Å². The number of ether oxygens (including phenoxy) is 3. The van der Waals surface area contributed by atoms with Crippen molar-refractivity contribution >= 4 is 23.7 Å². The summed E-state index contributed by atoms with van der Waals surface area (Å²) in [6.07, 6.45) is 0.734. The third kappa shape index (κ3) is 6.80. The summed E-state index contributed by atoms with van der Waals surface area (Å²) in [6, 6.07) is 0. The topological polar surface area (TPSA) is 116 Å². The first kappa shape index (κ1) is 19.5. The number of ketones is 1. The number of aliphatic hydroxyl groups is 1. The van der Waals surface area contributed by atoms with Gasteiger partial charge < -0.3 is 19.3 Å². The van der Waals surface area contributed by atoms with E-state index in [2.05, 4.69) is 17.9 Å². The zero-order valence-electron chi connectivity index (χ0n) is 12.3. The number of carbonyl (C=O) groups excluding carboxylic acids is 4. The average Bonchev–Trinajstić information content (AvgIpc) is 2.54. The number of methoxy groups -OCH3 is 1. The summed E-state index contributed by atoms with van der Waals surface area (Å²) < 4.78 is 13.8. The number of Topliss-reactive ketones (excluding diaryl/α,β-unsaturated/α-hetero) is 1. The number of aliphatic hydroxyl groups excluding tert-OH is 1. The van der Waals surface area contributed by atoms with E-state index in [9.17, 15) is 19.2 Å². The van der Waals surface area contributed by atoms with Crippen LogP contribution in [-0.4, -0.2) is 55.7 Å². The molecule has 0 rings (SSSR count). The lowest BCUT2D eigenvalue weighted by Crippen LogP contribution is -2.18. The Bertz CT molecular complexity index is 433. The van der Waals surface area contributed by atoms with Gasteiger partial charge in [-0.3, -0.25) is 4.79 Å². The van der Waals surface area contributed by atoms with Crippen molar-refractivity contribution in [2.24, 2.45) is 0 Å². The molecule has 0 aromatic rings. The van der Waals surface area contributed by atoms with Crippen LogP contribution in [0.1, 0.15) is 12.8 Å². The minimum atomic E-state index is -0.907. The van der Waals surface area contributed by atoms with Gasteiger partial charge in [-0.25, -0.2) is 14.4 Å². The van der Waals surface area contributed by atoms with Crippen molar-refractivity contribution in [3.8, 4) is 0 Å². The highest BCUT2D eigenvalue weighted by molar-refractivity contribution is 6.17. The molecule has 0 fully saturated rings. The van der Waals surface area contributed by atoms with Gasteiger partial charge in [-0.1, -0.05) is 13.2 Å². The molecule has 0 aliphatic heterocycles. The van der Waals surface area contributed by atoms with Gasteiger partial charge in [0.25, 0.3) is 0 Å². The Kier molecular flexibility index (Phi) is 9.12. The predicted molar refractivity (Wildman–Crippen MR) is 73.5 cm³/mol. The molecule has 0 aromatic heterocycles. The third-order valence-corrected chi connectivity index (χ3v) is 2.41. The van der Waals surface area contributed by atoms with Gasteiger partial charge >= 0.3 is 17.9 Å². The molecule has 0 amide bonds. The Balaban J connectivity index is 3.83. The van der Waals surface area contributed by atoms with E-state index in [-0.39, 0.29) is 13.2 Å². The molecular formula is C14H18O8. The van der Waals surface area contributed by atoms with E-state index in [1.807, 2.05) is 0 Å². The monoisotopic (exact) mass is 314 g/mol. The van der Waals surface area contributed by atoms with Crippen molar-refractivity contribution in [3.63, 3.8) is 0 Å². The number of esters is 3. The maximum absolute atomic E-state index is 11.3. The second-order valence-corrected chi connectivity index (χ2v) is 4.01. The first-order chi connectivity index (χ1) is 10.3. The van der Waals surface area contributed by atoms with Crippen molar-refractivity contribution in [3.05, 3.63) is 24.3 Å². The second kappa shape index (κ2) is 10.3. The second-order valence-electron chi connectivity index (χ2n) is 4.01. The van der Waals surface area contributed by atoms with Crippen LogP contribution in [0.2, 0.25) is 0 Å². The molecule has 0 saturated heterocycles. The lowest BCUT2D eigenvalue weighted by Gasteiger charge is -2.07. The summed E-state index contributed by atoms with van der Waals surface area (Å²) in [6.45, 7) is 5.61. The lowest BCUT2D eigenvalue weighted by atomic mass is 10.2. The number of hydrogen-bond donors (Lipinski definition) is 1. The van der Waals surface area contributed by atoms with Gasteiger partial charge in [-0.2, -0.15) is 0 Å². The number of hydrogen-bond acceptors (Lipinski definition) is 8. The van der Waals surface area contributed by atoms with Crippen LogP contribution >= 0.6 is 0 Å². The molecule has 0 aliphatic carbocycles. The Morgan fingerprint density at radius 2 is 1.32 bits per heavy atom. The van der Waals surface area contributed by atoms with Gasteiger partial charge in [0.05, 0.1) is 25.9 Å². The summed E-state index contributed by atoms with van der Waals surface area (Å²) in [7, 11) is 1.12. The number of rotatable bonds is 10. The fourth-order valence-electron chi connectivity index (χ4n) is 1.12. The third-order valence-electron chi connectivity index (χ3n) is 2.41. The minimum absolute atomic E-state index is 0.00289. The van der Waals surface area contributed by atoms with Gasteiger partial charge in [-0.05, 0) is 12.8 Å². The maximum atomic E-state index is 11.3. The normalized spacial score (nSPS) is 9.55. The van der Waals surface area contributed by atoms with Crippen molar-refractivity contribution in [2.75, 3.05) is 26.9 Å². The molecule has 22 heavy (non-hydrogen) atoms. The maximum Gasteiger partial charge on any atom is 0.344 e. The molecule has 8 nitrogen and oxygen atoms in total. The Morgan fingerprint density at radius 1 is 0.864 bits per heavy atom. The molecule has 0 radical (unpaired) electrons. The molecule has 0 aromatic carbocycles. The fraction of sp³-hybridized carbons (Fsp3) is 0.429. The van der Waals surface area contributed by atoms with E-state index in [0.717, 1.165) is 7.11 Å². The Morgan fingerprint density at radius 3 is 1.73 bits per heavy atom. The van der Waals surface area contributed by atoms with E-state index in [4.69, 9.17) is 14.6 Å². The van der Waals surface area contributed by atoms with Crippen LogP contribution in [0, 0.1) is 0 Å². The van der Waals surface area contributed by atoms with Crippen LogP contribution in [0.4, 0.5) is 0 Å². The van der Waals surface area contributed by atoms with Gasteiger partial charge in [0.1, 0.15) is 12.2 Å². The molecule has 0 spiro atoms. The van der Waals surface area contributed by atoms with E-state index >= 15 is 0 Å². The molecule has 1 N–H and O–H groups in total. The first-order valence-electron chi connectivity index (χ1n) is 6.29. The van der Waals surface area contributed by atoms with Crippen molar-refractivity contribution in [2.45, 2.75) is 12.8 Å². The van der Waals surface area contributed by atoms with Crippen molar-refractivity contribution in [1.82, 2.24) is 0 Å². The van der Waals surface area contributed by atoms with Crippen molar-refractivity contribution in [1.29, 1.82) is 0 Å². The summed E-state index contributed by atoms with van der Waals surface area (Å²) in [4.78, 5) is 44.5. The van der Waals surface area contributed by atoms with Crippen LogP contribution in [0.3, 0.4) is 0 Å². The SMILES string of the molecule is C=C(C(=O)CO)C(=O)OCCCCOC(=O)C(=C)C(=O)OC. The van der Waals surface area contributed by atoms with Crippen LogP contribution in [0.5, 0.6) is 0 Å². The predicted octanol–water partition coefficient (Wildman–Crippen LogP) is -0.300. The molecule has 0 heterocycles. The van der Waals surface area contributed by atoms with E-state index < -0.39 is 41.4 Å². The molecule has 0 unspecified atom stereocenters. The zero-order valence-corrected chi connectivity index (χ0v) is 12.3. The largest absolute Gasteiger partial charge is 0.465 e. The molecule has 0 atom stereocenters. The van der Waals surface area contributed by atoms with Gasteiger partial charge in [0, 0.05) is 0 Å². The number of unbranched alkanes of at least 4 members (excludes halogenated alkanes) is 1. The molecule has 8 heteroatoms. The van der Waals surface area contributed by atoms with Crippen LogP contribution in [0.15, 0.2) is 24.3 Å². The highest BCUT2D eigenvalue weighted by atomic mass is 16.5. The first-order valence-corrected chi connectivity index (χ1v) is 6.29. The molecule has 0 bridgehead atoms. The highest BCUT2D eigenvalue weighted by Gasteiger charge is 2.18. The summed E-state index contributed by atoms with van der Waals surface area (Å²) >= 11 is 0. The van der Waals surface area contributed by atoms with E-state index in [1.54, 1.807) is 0 Å². The summed E-state index contributed by atoms with van der Waals surface area (Å²) in [5.41, 5.74) is -0.837. The van der Waals surface area contributed by atoms with Crippen LogP contribution in [-0.2, 0) is 33.4 Å². The average molecular weight is 314 g/mol. The molecule has 122 valence electrons. The van der Waals surface area contributed by atoms with E-state index in [1.165, 1.54) is 0 Å². The lowest BCUT2D eigenvalue weighted by molar-refractivity contribution is -0.146. The van der Waals surface area contributed by atoms with Gasteiger partial charge in [0.15, 0.2) is 5.78 Å². The molecular weight excluding hydrogens is 296 g/mol. The number of carbonyl (C=O) groups is 4. The van der Waals surface area contributed by atoms with Gasteiger partial charge in [-0.15, -0.1) is 0 Å². The quantitative estimate of drug-likeness (QED) is 0.146. The van der Waals surface area contributed by atoms with Crippen LogP contribution < -0.4 is 0 Å². The smallest absolute Gasteiger partial charge is 0.344 e. The Labute approximate surface area is 127 Å². The molecule has 0 saturated carbocycles. The molecule has 0 aliphatic rings. The summed E-state index contributed by atoms with van der Waals surface area (Å²) in [5, 5.41) is 8.54. The highest BCUT2D eigenvalue weighted by Crippen LogP contribution is 2.01. The van der Waals surface area contributed by atoms with E-state index in [0.29, 0.717) is 12.8 Å². The summed E-state index contributed by atoms with van der Waals surface area (Å²) in [5.74, 6) is -3.47. The zero-order chi connectivity index (χ0) is 17.1. The van der Waals surface area contributed by atoms with Crippen LogP contribution in [0.25, 0.3) is 0 Å². The Hall–Kier alpha value is -2.48. The fourth-order valence-corrected chi connectivity index (χ4v) is 1.12. The minimum Gasteiger partial charge on any atom is -0.465 e. The standard InChI is InChI=1S/C14H18O8/c1-9(11(16)8-15)13(18)21-6-4-5-7-22-14(19)10(2)12(17)20-3/h15H,1-2,4-8H2,3H3. The van der Waals surface area contributed by atoms with Crippen molar-refractivity contribution < 1.29 is 38.5 Å².